The lowest BCUT2D eigenvalue weighted by atomic mass is 9.95. The first-order chi connectivity index (χ1) is 18.6. The third kappa shape index (κ3) is 5.05. The summed E-state index contributed by atoms with van der Waals surface area (Å²) in [6, 6.07) is 20.0. The molecule has 1 saturated heterocycles. The molecule has 4 aromatic rings. The van der Waals surface area contributed by atoms with E-state index in [-0.39, 0.29) is 37.7 Å². The minimum absolute atomic E-state index is 0.190. The molecular weight excluding hydrogens is 521 g/mol. The number of fused-ring (bicyclic) bond motifs is 1. The Hall–Kier alpha value is -3.65. The number of furan rings is 1. The maximum absolute atomic E-state index is 13.7. The number of alkyl halides is 2. The fourth-order valence-electron chi connectivity index (χ4n) is 5.32. The van der Waals surface area contributed by atoms with Crippen LogP contribution in [0.15, 0.2) is 71.1 Å². The Morgan fingerprint density at radius 2 is 1.54 bits per heavy atom. The summed E-state index contributed by atoms with van der Waals surface area (Å²) in [6.07, 6.45) is 1.58. The average Bonchev–Trinajstić information content (AvgIpc) is 3.59. The van der Waals surface area contributed by atoms with Crippen molar-refractivity contribution in [1.29, 1.82) is 0 Å². The molecule has 2 heterocycles. The molecule has 6 rings (SSSR count). The summed E-state index contributed by atoms with van der Waals surface area (Å²) in [5.41, 5.74) is 10.1. The van der Waals surface area contributed by atoms with Gasteiger partial charge < -0.3 is 15.1 Å². The van der Waals surface area contributed by atoms with Crippen molar-refractivity contribution in [3.63, 3.8) is 0 Å². The van der Waals surface area contributed by atoms with E-state index in [1.54, 1.807) is 12.1 Å². The Morgan fingerprint density at radius 1 is 0.897 bits per heavy atom. The first kappa shape index (κ1) is 25.6. The molecule has 0 bridgehead atoms. The minimum atomic E-state index is -2.62. The van der Waals surface area contributed by atoms with Gasteiger partial charge in [-0.15, -0.1) is 0 Å². The first-order valence-corrected chi connectivity index (χ1v) is 13.4. The smallest absolute Gasteiger partial charge is 0.251 e. The lowest BCUT2D eigenvalue weighted by Crippen LogP contribution is -2.42. The average molecular weight is 549 g/mol. The normalized spacial score (nSPS) is 17.8. The second-order valence-electron chi connectivity index (χ2n) is 10.7. The van der Waals surface area contributed by atoms with Crippen LogP contribution in [0.4, 0.5) is 13.2 Å². The number of thiocarbonyl (C=S) groups is 1. The number of hydrogen-bond acceptors (Lipinski definition) is 3. The van der Waals surface area contributed by atoms with E-state index < -0.39 is 11.3 Å². The SMILES string of the molecule is NC(=O)C1(Cc2cc3cc(-c4ccc(C(=S)N5CCC(F)(F)CC5)cc4)cc(-c4ccc(F)cc4)c3o2)CC1. The summed E-state index contributed by atoms with van der Waals surface area (Å²) < 4.78 is 47.1. The molecule has 3 aromatic carbocycles. The molecule has 1 amide bonds. The number of amides is 1. The maximum atomic E-state index is 13.7. The van der Waals surface area contributed by atoms with Crippen molar-refractivity contribution in [2.45, 2.75) is 38.0 Å². The standard InChI is InChI=1S/C31H27F3N2O2S/c32-24-7-5-20(6-8-24)26-17-22(15-23-16-25(38-27(23)26)18-30(9-10-30)29(35)37)19-1-3-21(4-2-19)28(39)36-13-11-31(33,34)12-14-36/h1-8,15-17H,9-14,18H2,(H2,35,37). The molecule has 0 spiro atoms. The largest absolute Gasteiger partial charge is 0.460 e. The van der Waals surface area contributed by atoms with Crippen LogP contribution in [0.3, 0.4) is 0 Å². The second-order valence-corrected chi connectivity index (χ2v) is 11.1. The van der Waals surface area contributed by atoms with Gasteiger partial charge in [-0.2, -0.15) is 0 Å². The molecule has 39 heavy (non-hydrogen) atoms. The van der Waals surface area contributed by atoms with Crippen LogP contribution in [-0.4, -0.2) is 34.8 Å². The van der Waals surface area contributed by atoms with Crippen molar-refractivity contribution in [2.24, 2.45) is 11.1 Å². The third-order valence-electron chi connectivity index (χ3n) is 7.96. The highest BCUT2D eigenvalue weighted by Crippen LogP contribution is 2.49. The molecule has 4 nitrogen and oxygen atoms in total. The predicted molar refractivity (Wildman–Crippen MR) is 149 cm³/mol. The van der Waals surface area contributed by atoms with Gasteiger partial charge in [0.05, 0.1) is 5.41 Å². The van der Waals surface area contributed by atoms with Gasteiger partial charge in [0.15, 0.2) is 0 Å². The Balaban J connectivity index is 1.34. The molecule has 2 N–H and O–H groups in total. The van der Waals surface area contributed by atoms with E-state index in [9.17, 15) is 18.0 Å². The molecule has 0 radical (unpaired) electrons. The number of carbonyl (C=O) groups excluding carboxylic acids is 1. The van der Waals surface area contributed by atoms with Crippen molar-refractivity contribution >= 4 is 34.1 Å². The first-order valence-electron chi connectivity index (χ1n) is 13.0. The van der Waals surface area contributed by atoms with E-state index >= 15 is 0 Å². The number of nitrogens with two attached hydrogens (primary N) is 1. The number of nitrogens with zero attached hydrogens (tertiary/aromatic N) is 1. The minimum Gasteiger partial charge on any atom is -0.460 e. The number of benzene rings is 3. The van der Waals surface area contributed by atoms with Gasteiger partial charge in [0.1, 0.15) is 22.1 Å². The van der Waals surface area contributed by atoms with Gasteiger partial charge in [0, 0.05) is 48.9 Å². The highest BCUT2D eigenvalue weighted by Gasteiger charge is 2.49. The number of carbonyl (C=O) groups is 1. The molecule has 8 heteroatoms. The molecule has 2 fully saturated rings. The summed E-state index contributed by atoms with van der Waals surface area (Å²) in [7, 11) is 0. The number of rotatable bonds is 6. The molecular formula is C31H27F3N2O2S. The Morgan fingerprint density at radius 3 is 2.15 bits per heavy atom. The van der Waals surface area contributed by atoms with Gasteiger partial charge in [-0.1, -0.05) is 48.6 Å². The van der Waals surface area contributed by atoms with Crippen molar-refractivity contribution in [1.82, 2.24) is 4.90 Å². The number of hydrogen-bond donors (Lipinski definition) is 1. The van der Waals surface area contributed by atoms with Crippen molar-refractivity contribution in [3.8, 4) is 22.3 Å². The Bertz CT molecular complexity index is 1560. The van der Waals surface area contributed by atoms with Crippen LogP contribution in [0.1, 0.15) is 37.0 Å². The fraction of sp³-hybridized carbons (Fsp3) is 0.290. The number of piperidine rings is 1. The summed E-state index contributed by atoms with van der Waals surface area (Å²) >= 11 is 5.61. The van der Waals surface area contributed by atoms with Gasteiger partial charge in [-0.25, -0.2) is 13.2 Å². The highest BCUT2D eigenvalue weighted by atomic mass is 32.1. The van der Waals surface area contributed by atoms with Gasteiger partial charge in [0.25, 0.3) is 5.92 Å². The highest BCUT2D eigenvalue weighted by molar-refractivity contribution is 7.80. The van der Waals surface area contributed by atoms with Gasteiger partial charge in [0.2, 0.25) is 5.91 Å². The van der Waals surface area contributed by atoms with Crippen LogP contribution in [0, 0.1) is 11.2 Å². The monoisotopic (exact) mass is 548 g/mol. The van der Waals surface area contributed by atoms with Crippen LogP contribution in [0.5, 0.6) is 0 Å². The number of primary amides is 1. The lowest BCUT2D eigenvalue weighted by Gasteiger charge is -2.33. The van der Waals surface area contributed by atoms with Gasteiger partial charge in [-0.3, -0.25) is 4.79 Å². The van der Waals surface area contributed by atoms with Crippen LogP contribution in [0.25, 0.3) is 33.2 Å². The van der Waals surface area contributed by atoms with Crippen LogP contribution in [-0.2, 0) is 11.2 Å². The molecule has 1 aliphatic carbocycles. The molecule has 200 valence electrons. The van der Waals surface area contributed by atoms with E-state index in [0.717, 1.165) is 46.0 Å². The fourth-order valence-corrected chi connectivity index (χ4v) is 5.64. The number of halogens is 3. The number of likely N-dealkylation sites (tertiary alicyclic amines) is 1. The maximum Gasteiger partial charge on any atom is 0.251 e. The van der Waals surface area contributed by atoms with Gasteiger partial charge >= 0.3 is 0 Å². The van der Waals surface area contributed by atoms with Crippen molar-refractivity contribution in [2.75, 3.05) is 13.1 Å². The third-order valence-corrected chi connectivity index (χ3v) is 8.45. The van der Waals surface area contributed by atoms with E-state index in [1.807, 2.05) is 47.4 Å². The van der Waals surface area contributed by atoms with Gasteiger partial charge in [-0.05, 0) is 59.9 Å². The second kappa shape index (κ2) is 9.52. The molecule has 1 saturated carbocycles. The molecule has 1 aliphatic heterocycles. The van der Waals surface area contributed by atoms with Crippen molar-refractivity contribution in [3.05, 3.63) is 83.9 Å². The van der Waals surface area contributed by atoms with Crippen LogP contribution < -0.4 is 5.73 Å². The zero-order chi connectivity index (χ0) is 27.4. The molecule has 2 aliphatic rings. The zero-order valence-corrected chi connectivity index (χ0v) is 22.0. The van der Waals surface area contributed by atoms with Crippen molar-refractivity contribution < 1.29 is 22.4 Å². The Labute approximate surface area is 229 Å². The summed E-state index contributed by atoms with van der Waals surface area (Å²) in [5.74, 6) is -2.57. The quantitative estimate of drug-likeness (QED) is 0.261. The molecule has 1 aromatic heterocycles. The summed E-state index contributed by atoms with van der Waals surface area (Å²) in [6.45, 7) is 0.482. The van der Waals surface area contributed by atoms with E-state index in [2.05, 4.69) is 0 Å². The summed E-state index contributed by atoms with van der Waals surface area (Å²) in [4.78, 5) is 14.4. The van der Waals surface area contributed by atoms with E-state index in [0.29, 0.717) is 22.8 Å². The van der Waals surface area contributed by atoms with Crippen LogP contribution in [0.2, 0.25) is 0 Å². The zero-order valence-electron chi connectivity index (χ0n) is 21.2. The Kier molecular flexibility index (Phi) is 6.25. The molecule has 0 unspecified atom stereocenters. The molecule has 0 atom stereocenters. The summed E-state index contributed by atoms with van der Waals surface area (Å²) in [5, 5.41) is 0.871. The topological polar surface area (TPSA) is 59.5 Å². The predicted octanol–water partition coefficient (Wildman–Crippen LogP) is 7.12. The van der Waals surface area contributed by atoms with Crippen LogP contribution >= 0.6 is 12.2 Å². The van der Waals surface area contributed by atoms with E-state index in [4.69, 9.17) is 22.4 Å². The lowest BCUT2D eigenvalue weighted by molar-refractivity contribution is -0.123. The van der Waals surface area contributed by atoms with E-state index in [1.165, 1.54) is 12.1 Å².